The number of rotatable bonds is 4. The number of nitrogens with zero attached hydrogens (tertiary/aromatic N) is 1. The van der Waals surface area contributed by atoms with E-state index in [1.165, 1.54) is 0 Å². The van der Waals surface area contributed by atoms with E-state index in [1.54, 1.807) is 18.3 Å². The van der Waals surface area contributed by atoms with Gasteiger partial charge in [-0.25, -0.2) is 9.78 Å². The molecular weight excluding hydrogens is 284 g/mol. The van der Waals surface area contributed by atoms with E-state index in [0.29, 0.717) is 23.8 Å². The Balaban J connectivity index is 2.10. The van der Waals surface area contributed by atoms with Crippen LogP contribution < -0.4 is 0 Å². The standard InChI is InChI=1S/C16H14N2O2S/c1-2-20-16(19)14-13(11-7-4-3-5-8-11)17-15(18-14)12-9-6-10-21-12/h3-10H,2H2,1H3,(H,17,18). The summed E-state index contributed by atoms with van der Waals surface area (Å²) in [5.74, 6) is 0.304. The minimum atomic E-state index is -0.383. The van der Waals surface area contributed by atoms with E-state index < -0.39 is 0 Å². The molecule has 106 valence electrons. The van der Waals surface area contributed by atoms with Gasteiger partial charge in [0, 0.05) is 5.56 Å². The summed E-state index contributed by atoms with van der Waals surface area (Å²) < 4.78 is 5.11. The van der Waals surface area contributed by atoms with Crippen molar-refractivity contribution in [3.05, 3.63) is 53.5 Å². The lowest BCUT2D eigenvalue weighted by Crippen LogP contribution is -2.06. The van der Waals surface area contributed by atoms with Gasteiger partial charge in [0.05, 0.1) is 11.5 Å². The number of hydrogen-bond donors (Lipinski definition) is 1. The van der Waals surface area contributed by atoms with Crippen molar-refractivity contribution in [2.24, 2.45) is 0 Å². The van der Waals surface area contributed by atoms with Crippen molar-refractivity contribution in [3.63, 3.8) is 0 Å². The lowest BCUT2D eigenvalue weighted by Gasteiger charge is -2.02. The number of thiophene rings is 1. The number of ether oxygens (including phenoxy) is 1. The molecule has 2 aromatic heterocycles. The first-order chi connectivity index (χ1) is 10.3. The molecule has 1 aromatic carbocycles. The number of hydrogen-bond acceptors (Lipinski definition) is 4. The van der Waals surface area contributed by atoms with Crippen LogP contribution in [0.25, 0.3) is 22.0 Å². The van der Waals surface area contributed by atoms with Gasteiger partial charge >= 0.3 is 5.97 Å². The van der Waals surface area contributed by atoms with Gasteiger partial charge in [0.1, 0.15) is 11.5 Å². The van der Waals surface area contributed by atoms with Crippen molar-refractivity contribution < 1.29 is 9.53 Å². The first kappa shape index (κ1) is 13.6. The minimum Gasteiger partial charge on any atom is -0.461 e. The Kier molecular flexibility index (Phi) is 3.83. The zero-order valence-electron chi connectivity index (χ0n) is 11.5. The van der Waals surface area contributed by atoms with Crippen LogP contribution >= 0.6 is 11.3 Å². The van der Waals surface area contributed by atoms with Gasteiger partial charge in [-0.15, -0.1) is 11.3 Å². The molecule has 3 aromatic rings. The second kappa shape index (κ2) is 5.93. The molecule has 0 spiro atoms. The zero-order chi connectivity index (χ0) is 14.7. The van der Waals surface area contributed by atoms with Crippen molar-refractivity contribution >= 4 is 17.3 Å². The third-order valence-corrected chi connectivity index (χ3v) is 3.86. The van der Waals surface area contributed by atoms with Gasteiger partial charge in [-0.05, 0) is 18.4 Å². The predicted molar refractivity (Wildman–Crippen MR) is 83.3 cm³/mol. The molecular formula is C16H14N2O2S. The van der Waals surface area contributed by atoms with E-state index in [0.717, 1.165) is 10.4 Å². The van der Waals surface area contributed by atoms with Crippen LogP contribution in [0.15, 0.2) is 47.8 Å². The number of carbonyl (C=O) groups is 1. The van der Waals surface area contributed by atoms with Crippen LogP contribution in [0.5, 0.6) is 0 Å². The molecule has 0 saturated heterocycles. The van der Waals surface area contributed by atoms with Gasteiger partial charge in [0.2, 0.25) is 0 Å². The van der Waals surface area contributed by atoms with Gasteiger partial charge in [0.15, 0.2) is 5.69 Å². The molecule has 0 atom stereocenters. The molecule has 21 heavy (non-hydrogen) atoms. The summed E-state index contributed by atoms with van der Waals surface area (Å²) >= 11 is 1.57. The highest BCUT2D eigenvalue weighted by atomic mass is 32.1. The highest BCUT2D eigenvalue weighted by Gasteiger charge is 2.20. The SMILES string of the molecule is CCOC(=O)c1[nH]c(-c2cccs2)nc1-c1ccccc1. The normalized spacial score (nSPS) is 10.5. The van der Waals surface area contributed by atoms with Crippen LogP contribution in [-0.4, -0.2) is 22.5 Å². The summed E-state index contributed by atoms with van der Waals surface area (Å²) in [6.45, 7) is 2.12. The number of aromatic nitrogens is 2. The Bertz CT molecular complexity index is 733. The first-order valence-corrected chi connectivity index (χ1v) is 7.54. The molecule has 0 bridgehead atoms. The molecule has 0 radical (unpaired) electrons. The molecule has 0 amide bonds. The number of imidazole rings is 1. The van der Waals surface area contributed by atoms with Gasteiger partial charge in [-0.3, -0.25) is 0 Å². The van der Waals surface area contributed by atoms with E-state index in [1.807, 2.05) is 47.8 Å². The van der Waals surface area contributed by atoms with Crippen molar-refractivity contribution in [1.82, 2.24) is 9.97 Å². The van der Waals surface area contributed by atoms with Crippen LogP contribution in [0, 0.1) is 0 Å². The maximum atomic E-state index is 12.1. The number of benzene rings is 1. The van der Waals surface area contributed by atoms with Gasteiger partial charge in [-0.2, -0.15) is 0 Å². The lowest BCUT2D eigenvalue weighted by atomic mass is 10.1. The maximum absolute atomic E-state index is 12.1. The monoisotopic (exact) mass is 298 g/mol. The lowest BCUT2D eigenvalue weighted by molar-refractivity contribution is 0.0521. The Hall–Kier alpha value is -2.40. The summed E-state index contributed by atoms with van der Waals surface area (Å²) in [5, 5.41) is 1.98. The van der Waals surface area contributed by atoms with E-state index in [9.17, 15) is 4.79 Å². The molecule has 0 aliphatic heterocycles. The number of esters is 1. The molecule has 0 unspecified atom stereocenters. The number of nitrogens with one attached hydrogen (secondary N) is 1. The van der Waals surface area contributed by atoms with E-state index >= 15 is 0 Å². The molecule has 2 heterocycles. The smallest absolute Gasteiger partial charge is 0.357 e. The van der Waals surface area contributed by atoms with Crippen molar-refractivity contribution in [2.75, 3.05) is 6.61 Å². The molecule has 1 N–H and O–H groups in total. The van der Waals surface area contributed by atoms with E-state index in [-0.39, 0.29) is 5.97 Å². The van der Waals surface area contributed by atoms with Crippen molar-refractivity contribution in [2.45, 2.75) is 6.92 Å². The Morgan fingerprint density at radius 3 is 2.71 bits per heavy atom. The molecule has 0 saturated carbocycles. The average Bonchev–Trinajstić information content (AvgIpc) is 3.17. The van der Waals surface area contributed by atoms with Crippen LogP contribution in [0.3, 0.4) is 0 Å². The molecule has 0 aliphatic rings. The Labute approximate surface area is 126 Å². The summed E-state index contributed by atoms with van der Waals surface area (Å²) in [6.07, 6.45) is 0. The molecule has 5 heteroatoms. The number of aromatic amines is 1. The van der Waals surface area contributed by atoms with Crippen molar-refractivity contribution in [1.29, 1.82) is 0 Å². The van der Waals surface area contributed by atoms with Gasteiger partial charge in [-0.1, -0.05) is 36.4 Å². The van der Waals surface area contributed by atoms with Crippen LogP contribution in [0.2, 0.25) is 0 Å². The summed E-state index contributed by atoms with van der Waals surface area (Å²) in [4.78, 5) is 20.8. The van der Waals surface area contributed by atoms with Crippen LogP contribution in [-0.2, 0) is 4.74 Å². The summed E-state index contributed by atoms with van der Waals surface area (Å²) in [7, 11) is 0. The fraction of sp³-hybridized carbons (Fsp3) is 0.125. The largest absolute Gasteiger partial charge is 0.461 e. The van der Waals surface area contributed by atoms with Crippen LogP contribution in [0.4, 0.5) is 0 Å². The maximum Gasteiger partial charge on any atom is 0.357 e. The van der Waals surface area contributed by atoms with Crippen LogP contribution in [0.1, 0.15) is 17.4 Å². The fourth-order valence-electron chi connectivity index (χ4n) is 2.06. The van der Waals surface area contributed by atoms with E-state index in [4.69, 9.17) is 4.74 Å². The molecule has 3 rings (SSSR count). The molecule has 0 fully saturated rings. The predicted octanol–water partition coefficient (Wildman–Crippen LogP) is 3.98. The third-order valence-electron chi connectivity index (χ3n) is 2.99. The van der Waals surface area contributed by atoms with Crippen molar-refractivity contribution in [3.8, 4) is 22.0 Å². The van der Waals surface area contributed by atoms with E-state index in [2.05, 4.69) is 9.97 Å². The number of H-pyrrole nitrogens is 1. The highest BCUT2D eigenvalue weighted by Crippen LogP contribution is 2.28. The average molecular weight is 298 g/mol. The summed E-state index contributed by atoms with van der Waals surface area (Å²) in [5.41, 5.74) is 1.91. The second-order valence-electron chi connectivity index (χ2n) is 4.37. The quantitative estimate of drug-likeness (QED) is 0.741. The number of carbonyl (C=O) groups excluding carboxylic acids is 1. The van der Waals surface area contributed by atoms with Gasteiger partial charge in [0.25, 0.3) is 0 Å². The molecule has 4 nitrogen and oxygen atoms in total. The Morgan fingerprint density at radius 1 is 1.24 bits per heavy atom. The second-order valence-corrected chi connectivity index (χ2v) is 5.32. The first-order valence-electron chi connectivity index (χ1n) is 6.66. The topological polar surface area (TPSA) is 55.0 Å². The Morgan fingerprint density at radius 2 is 2.05 bits per heavy atom. The summed E-state index contributed by atoms with van der Waals surface area (Å²) in [6, 6.07) is 13.5. The third kappa shape index (κ3) is 2.73. The van der Waals surface area contributed by atoms with Gasteiger partial charge < -0.3 is 9.72 Å². The zero-order valence-corrected chi connectivity index (χ0v) is 12.3. The highest BCUT2D eigenvalue weighted by molar-refractivity contribution is 7.13. The fourth-order valence-corrected chi connectivity index (χ4v) is 2.73. The minimum absolute atomic E-state index is 0.334. The molecule has 0 aliphatic carbocycles.